The van der Waals surface area contributed by atoms with E-state index in [1.165, 1.54) is 10.9 Å². The van der Waals surface area contributed by atoms with Crippen LogP contribution in [0.15, 0.2) is 11.2 Å². The first-order chi connectivity index (χ1) is 8.50. The average Bonchev–Trinajstić information content (AvgIpc) is 2.89. The lowest BCUT2D eigenvalue weighted by Gasteiger charge is -2.11. The zero-order valence-corrected chi connectivity index (χ0v) is 11.8. The highest BCUT2D eigenvalue weighted by Crippen LogP contribution is 2.19. The third-order valence-corrected chi connectivity index (χ3v) is 5.01. The molecule has 18 heavy (non-hydrogen) atoms. The maximum atomic E-state index is 12.0. The summed E-state index contributed by atoms with van der Waals surface area (Å²) < 4.78 is 27.9. The number of nitrogens with zero attached hydrogens (tertiary/aromatic N) is 2. The highest BCUT2D eigenvalue weighted by atomic mass is 35.5. The van der Waals surface area contributed by atoms with Gasteiger partial charge in [-0.25, -0.2) is 13.1 Å². The number of hydrogen-bond donors (Lipinski definition) is 2. The molecule has 102 valence electrons. The van der Waals surface area contributed by atoms with Crippen LogP contribution in [0.5, 0.6) is 0 Å². The van der Waals surface area contributed by atoms with Gasteiger partial charge in [-0.15, -0.1) is 0 Å². The van der Waals surface area contributed by atoms with Gasteiger partial charge in [0, 0.05) is 19.6 Å². The van der Waals surface area contributed by atoms with Crippen molar-refractivity contribution in [2.75, 3.05) is 13.1 Å². The molecule has 0 radical (unpaired) electrons. The van der Waals surface area contributed by atoms with Crippen molar-refractivity contribution in [3.63, 3.8) is 0 Å². The first-order valence-electron chi connectivity index (χ1n) is 5.91. The van der Waals surface area contributed by atoms with Gasteiger partial charge in [0.25, 0.3) is 10.0 Å². The second kappa shape index (κ2) is 5.56. The van der Waals surface area contributed by atoms with E-state index in [1.54, 1.807) is 7.05 Å². The van der Waals surface area contributed by atoms with E-state index in [0.717, 1.165) is 25.8 Å². The molecule has 1 aromatic heterocycles. The quantitative estimate of drug-likeness (QED) is 0.828. The number of rotatable bonds is 5. The van der Waals surface area contributed by atoms with E-state index in [-0.39, 0.29) is 10.0 Å². The summed E-state index contributed by atoms with van der Waals surface area (Å²) in [6.45, 7) is 1.42. The van der Waals surface area contributed by atoms with Crippen LogP contribution < -0.4 is 10.0 Å². The van der Waals surface area contributed by atoms with Gasteiger partial charge >= 0.3 is 0 Å². The van der Waals surface area contributed by atoms with Crippen LogP contribution in [0.4, 0.5) is 0 Å². The maximum absolute atomic E-state index is 12.0. The molecule has 0 saturated carbocycles. The molecule has 2 N–H and O–H groups in total. The predicted octanol–water partition coefficient (Wildman–Crippen LogP) is 0.494. The minimum atomic E-state index is -3.58. The third kappa shape index (κ3) is 3.03. The molecule has 1 fully saturated rings. The van der Waals surface area contributed by atoms with Crippen LogP contribution in [0.1, 0.15) is 19.3 Å². The summed E-state index contributed by atoms with van der Waals surface area (Å²) in [6.07, 6.45) is 4.38. The van der Waals surface area contributed by atoms with Crippen molar-refractivity contribution in [3.05, 3.63) is 11.2 Å². The molecule has 0 bridgehead atoms. The molecule has 2 rings (SSSR count). The van der Waals surface area contributed by atoms with E-state index in [4.69, 9.17) is 11.6 Å². The smallest absolute Gasteiger partial charge is 0.259 e. The van der Waals surface area contributed by atoms with Crippen molar-refractivity contribution in [1.82, 2.24) is 19.8 Å². The first-order valence-corrected chi connectivity index (χ1v) is 7.77. The second-order valence-electron chi connectivity index (χ2n) is 4.40. The van der Waals surface area contributed by atoms with Crippen LogP contribution in [-0.4, -0.2) is 37.3 Å². The Bertz CT molecular complexity index is 488. The summed E-state index contributed by atoms with van der Waals surface area (Å²) in [5, 5.41) is 7.30. The van der Waals surface area contributed by atoms with Crippen LogP contribution in [0.3, 0.4) is 0 Å². The first kappa shape index (κ1) is 13.8. The summed E-state index contributed by atoms with van der Waals surface area (Å²) in [7, 11) is -2.02. The fourth-order valence-electron chi connectivity index (χ4n) is 2.14. The predicted molar refractivity (Wildman–Crippen MR) is 69.0 cm³/mol. The van der Waals surface area contributed by atoms with Gasteiger partial charge in [-0.2, -0.15) is 5.10 Å². The largest absolute Gasteiger partial charge is 0.314 e. The zero-order chi connectivity index (χ0) is 13.2. The van der Waals surface area contributed by atoms with E-state index < -0.39 is 10.0 Å². The van der Waals surface area contributed by atoms with E-state index >= 15 is 0 Å². The molecule has 1 aliphatic rings. The Morgan fingerprint density at radius 2 is 2.44 bits per heavy atom. The molecule has 1 aromatic rings. The fourth-order valence-corrected chi connectivity index (χ4v) is 3.84. The Kier molecular flexibility index (Phi) is 4.26. The van der Waals surface area contributed by atoms with Crippen molar-refractivity contribution < 1.29 is 8.42 Å². The van der Waals surface area contributed by atoms with Crippen molar-refractivity contribution in [3.8, 4) is 0 Å². The molecule has 0 spiro atoms. The molecule has 0 aliphatic carbocycles. The Morgan fingerprint density at radius 1 is 1.67 bits per heavy atom. The summed E-state index contributed by atoms with van der Waals surface area (Å²) >= 11 is 5.82. The SMILES string of the molecule is Cn1ncc(Cl)c1S(=O)(=O)NCC[C@@H]1CCCN1. The highest BCUT2D eigenvalue weighted by molar-refractivity contribution is 7.89. The number of sulfonamides is 1. The van der Waals surface area contributed by atoms with E-state index in [9.17, 15) is 8.42 Å². The van der Waals surface area contributed by atoms with Gasteiger partial charge < -0.3 is 5.32 Å². The second-order valence-corrected chi connectivity index (χ2v) is 6.49. The number of aromatic nitrogens is 2. The van der Waals surface area contributed by atoms with Gasteiger partial charge in [-0.05, 0) is 25.8 Å². The molecular formula is C10H17ClN4O2S. The summed E-state index contributed by atoms with van der Waals surface area (Å²) in [5.41, 5.74) is 0. The Morgan fingerprint density at radius 3 is 3.00 bits per heavy atom. The lowest BCUT2D eigenvalue weighted by molar-refractivity contribution is 0.533. The summed E-state index contributed by atoms with van der Waals surface area (Å²) in [6, 6.07) is 0.412. The molecule has 0 amide bonds. The van der Waals surface area contributed by atoms with Crippen molar-refractivity contribution in [2.24, 2.45) is 7.05 Å². The van der Waals surface area contributed by atoms with Crippen LogP contribution in [-0.2, 0) is 17.1 Å². The van der Waals surface area contributed by atoms with Crippen molar-refractivity contribution in [2.45, 2.75) is 30.3 Å². The molecule has 0 unspecified atom stereocenters. The lowest BCUT2D eigenvalue weighted by atomic mass is 10.2. The van der Waals surface area contributed by atoms with Crippen molar-refractivity contribution in [1.29, 1.82) is 0 Å². The monoisotopic (exact) mass is 292 g/mol. The topological polar surface area (TPSA) is 76.0 Å². The van der Waals surface area contributed by atoms with Gasteiger partial charge in [0.2, 0.25) is 0 Å². The summed E-state index contributed by atoms with van der Waals surface area (Å²) in [4.78, 5) is 0. The molecular weight excluding hydrogens is 276 g/mol. The van der Waals surface area contributed by atoms with Gasteiger partial charge in [-0.3, -0.25) is 4.68 Å². The van der Waals surface area contributed by atoms with Crippen LogP contribution in [0.25, 0.3) is 0 Å². The van der Waals surface area contributed by atoms with Crippen molar-refractivity contribution >= 4 is 21.6 Å². The summed E-state index contributed by atoms with van der Waals surface area (Å²) in [5.74, 6) is 0. The maximum Gasteiger partial charge on any atom is 0.259 e. The molecule has 2 heterocycles. The Balaban J connectivity index is 1.95. The normalized spacial score (nSPS) is 20.4. The average molecular weight is 293 g/mol. The highest BCUT2D eigenvalue weighted by Gasteiger charge is 2.23. The Hall–Kier alpha value is -0.630. The molecule has 6 nitrogen and oxygen atoms in total. The van der Waals surface area contributed by atoms with E-state index in [2.05, 4.69) is 15.1 Å². The molecule has 1 atom stereocenters. The van der Waals surface area contributed by atoms with Crippen LogP contribution in [0, 0.1) is 0 Å². The number of aryl methyl sites for hydroxylation is 1. The number of hydrogen-bond acceptors (Lipinski definition) is 4. The third-order valence-electron chi connectivity index (χ3n) is 3.04. The van der Waals surface area contributed by atoms with E-state index in [0.29, 0.717) is 12.6 Å². The lowest BCUT2D eigenvalue weighted by Crippen LogP contribution is -2.31. The Labute approximate surface area is 112 Å². The molecule has 1 saturated heterocycles. The standard InChI is InChI=1S/C10H17ClN4O2S/c1-15-10(9(11)7-13-15)18(16,17)14-6-4-8-3-2-5-12-8/h7-8,12,14H,2-6H2,1H3/t8-/m0/s1. The van der Waals surface area contributed by atoms with Gasteiger partial charge in [0.15, 0.2) is 5.03 Å². The van der Waals surface area contributed by atoms with Gasteiger partial charge in [-0.1, -0.05) is 11.6 Å². The van der Waals surface area contributed by atoms with Gasteiger partial charge in [0.05, 0.1) is 11.2 Å². The minimum Gasteiger partial charge on any atom is -0.314 e. The minimum absolute atomic E-state index is 0.0172. The van der Waals surface area contributed by atoms with E-state index in [1.807, 2.05) is 0 Å². The van der Waals surface area contributed by atoms with Gasteiger partial charge in [0.1, 0.15) is 0 Å². The van der Waals surface area contributed by atoms with Crippen LogP contribution >= 0.6 is 11.6 Å². The number of nitrogens with one attached hydrogen (secondary N) is 2. The zero-order valence-electron chi connectivity index (χ0n) is 10.2. The number of halogens is 1. The molecule has 8 heteroatoms. The molecule has 1 aliphatic heterocycles. The molecule has 0 aromatic carbocycles. The van der Waals surface area contributed by atoms with Crippen LogP contribution in [0.2, 0.25) is 5.02 Å². The fraction of sp³-hybridized carbons (Fsp3) is 0.700.